The Morgan fingerprint density at radius 2 is 1.82 bits per heavy atom. The average Bonchev–Trinajstić information content (AvgIpc) is 2.27. The van der Waals surface area contributed by atoms with Crippen molar-refractivity contribution in [3.63, 3.8) is 0 Å². The average molecular weight is 252 g/mol. The summed E-state index contributed by atoms with van der Waals surface area (Å²) in [6, 6.07) is 0. The van der Waals surface area contributed by atoms with Gasteiger partial charge in [-0.3, -0.25) is 4.79 Å². The predicted molar refractivity (Wildman–Crippen MR) is 73.3 cm³/mol. The number of ether oxygens (including phenoxy) is 1. The van der Waals surface area contributed by atoms with Crippen LogP contribution >= 0.6 is 0 Å². The highest BCUT2D eigenvalue weighted by atomic mass is 28.3. The molecule has 0 amide bonds. The van der Waals surface area contributed by atoms with E-state index in [1.807, 2.05) is 0 Å². The summed E-state index contributed by atoms with van der Waals surface area (Å²) < 4.78 is 4.98. The SMILES string of the molecule is COC(=O)C1(CC#C[Si](C)(C)C)CCCCC1. The van der Waals surface area contributed by atoms with E-state index in [9.17, 15) is 4.79 Å². The molecule has 17 heavy (non-hydrogen) atoms. The monoisotopic (exact) mass is 252 g/mol. The number of carbonyl (C=O) groups is 1. The maximum absolute atomic E-state index is 12.0. The molecule has 1 rings (SSSR count). The highest BCUT2D eigenvalue weighted by Crippen LogP contribution is 2.40. The lowest BCUT2D eigenvalue weighted by Crippen LogP contribution is -2.34. The number of hydrogen-bond acceptors (Lipinski definition) is 2. The van der Waals surface area contributed by atoms with E-state index in [2.05, 4.69) is 31.1 Å². The molecule has 0 radical (unpaired) electrons. The number of hydrogen-bond donors (Lipinski definition) is 0. The van der Waals surface area contributed by atoms with Crippen molar-refractivity contribution in [2.45, 2.75) is 58.2 Å². The minimum absolute atomic E-state index is 0.0536. The zero-order valence-corrected chi connectivity index (χ0v) is 12.6. The highest BCUT2D eigenvalue weighted by Gasteiger charge is 2.39. The smallest absolute Gasteiger partial charge is 0.312 e. The standard InChI is InChI=1S/C14H24O2Si/c1-16-13(15)14(9-6-5-7-10-14)11-8-12-17(2,3)4/h5-7,9-11H2,1-4H3. The van der Waals surface area contributed by atoms with Gasteiger partial charge in [-0.2, -0.15) is 0 Å². The van der Waals surface area contributed by atoms with Gasteiger partial charge in [0, 0.05) is 6.42 Å². The molecule has 1 fully saturated rings. The third-order valence-electron chi connectivity index (χ3n) is 3.32. The molecule has 1 saturated carbocycles. The van der Waals surface area contributed by atoms with Crippen LogP contribution in [0.15, 0.2) is 0 Å². The molecule has 1 aliphatic carbocycles. The normalized spacial score (nSPS) is 19.1. The highest BCUT2D eigenvalue weighted by molar-refractivity contribution is 6.83. The lowest BCUT2D eigenvalue weighted by molar-refractivity contribution is -0.154. The Hall–Kier alpha value is -0.753. The third kappa shape index (κ3) is 4.20. The van der Waals surface area contributed by atoms with E-state index in [1.165, 1.54) is 13.5 Å². The summed E-state index contributed by atoms with van der Waals surface area (Å²) in [7, 11) is 0.158. The van der Waals surface area contributed by atoms with Gasteiger partial charge in [-0.1, -0.05) is 38.9 Å². The van der Waals surface area contributed by atoms with Crippen LogP contribution in [0, 0.1) is 16.9 Å². The summed E-state index contributed by atoms with van der Waals surface area (Å²) in [4.78, 5) is 12.0. The Morgan fingerprint density at radius 3 is 2.29 bits per heavy atom. The fourth-order valence-electron chi connectivity index (χ4n) is 2.38. The van der Waals surface area contributed by atoms with Crippen LogP contribution < -0.4 is 0 Å². The molecule has 0 bridgehead atoms. The number of rotatable bonds is 2. The molecule has 96 valence electrons. The molecule has 0 aromatic heterocycles. The number of methoxy groups -OCH3 is 1. The van der Waals surface area contributed by atoms with Gasteiger partial charge in [0.05, 0.1) is 12.5 Å². The summed E-state index contributed by atoms with van der Waals surface area (Å²) in [6.45, 7) is 6.68. The molecule has 0 heterocycles. The Morgan fingerprint density at radius 1 is 1.24 bits per heavy atom. The van der Waals surface area contributed by atoms with Gasteiger partial charge in [0.1, 0.15) is 8.07 Å². The van der Waals surface area contributed by atoms with Gasteiger partial charge in [-0.15, -0.1) is 11.5 Å². The van der Waals surface area contributed by atoms with Crippen molar-refractivity contribution < 1.29 is 9.53 Å². The van der Waals surface area contributed by atoms with Gasteiger partial charge in [-0.05, 0) is 12.8 Å². The second-order valence-corrected chi connectivity index (χ2v) is 10.8. The van der Waals surface area contributed by atoms with Gasteiger partial charge in [0.15, 0.2) is 0 Å². The zero-order chi connectivity index (χ0) is 12.9. The lowest BCUT2D eigenvalue weighted by Gasteiger charge is -2.32. The van der Waals surface area contributed by atoms with Crippen molar-refractivity contribution in [1.29, 1.82) is 0 Å². The first-order valence-corrected chi connectivity index (χ1v) is 9.98. The van der Waals surface area contributed by atoms with Gasteiger partial charge in [0.2, 0.25) is 0 Å². The number of esters is 1. The van der Waals surface area contributed by atoms with Crippen molar-refractivity contribution in [2.24, 2.45) is 5.41 Å². The fourth-order valence-corrected chi connectivity index (χ4v) is 3.00. The van der Waals surface area contributed by atoms with Crippen molar-refractivity contribution in [3.8, 4) is 11.5 Å². The van der Waals surface area contributed by atoms with E-state index in [0.717, 1.165) is 25.7 Å². The maximum Gasteiger partial charge on any atom is 0.312 e. The van der Waals surface area contributed by atoms with Crippen LogP contribution in [0.25, 0.3) is 0 Å². The minimum Gasteiger partial charge on any atom is -0.469 e. The van der Waals surface area contributed by atoms with E-state index >= 15 is 0 Å². The number of carbonyl (C=O) groups excluding carboxylic acids is 1. The summed E-state index contributed by atoms with van der Waals surface area (Å²) in [6.07, 6.45) is 6.07. The second-order valence-electron chi connectivity index (χ2n) is 6.06. The molecule has 0 saturated heterocycles. The Balaban J connectivity index is 2.76. The van der Waals surface area contributed by atoms with Crippen molar-refractivity contribution in [3.05, 3.63) is 0 Å². The van der Waals surface area contributed by atoms with Crippen LogP contribution in [0.4, 0.5) is 0 Å². The molecule has 0 aromatic rings. The lowest BCUT2D eigenvalue weighted by atomic mass is 9.72. The van der Waals surface area contributed by atoms with Crippen LogP contribution in [-0.2, 0) is 9.53 Å². The molecule has 0 spiro atoms. The second kappa shape index (κ2) is 5.73. The molecule has 0 aromatic carbocycles. The summed E-state index contributed by atoms with van der Waals surface area (Å²) in [5.41, 5.74) is 3.05. The van der Waals surface area contributed by atoms with Crippen molar-refractivity contribution >= 4 is 14.0 Å². The quantitative estimate of drug-likeness (QED) is 0.428. The van der Waals surface area contributed by atoms with E-state index in [0.29, 0.717) is 6.42 Å². The van der Waals surface area contributed by atoms with E-state index in [-0.39, 0.29) is 11.4 Å². The van der Waals surface area contributed by atoms with E-state index < -0.39 is 8.07 Å². The first-order chi connectivity index (χ1) is 7.90. The van der Waals surface area contributed by atoms with Crippen LogP contribution in [0.5, 0.6) is 0 Å². The van der Waals surface area contributed by atoms with Gasteiger partial charge < -0.3 is 4.74 Å². The van der Waals surface area contributed by atoms with Crippen LogP contribution in [0.2, 0.25) is 19.6 Å². The molecule has 0 atom stereocenters. The fraction of sp³-hybridized carbons (Fsp3) is 0.786. The zero-order valence-electron chi connectivity index (χ0n) is 11.6. The van der Waals surface area contributed by atoms with Gasteiger partial charge in [0.25, 0.3) is 0 Å². The molecule has 3 heteroatoms. The predicted octanol–water partition coefficient (Wildman–Crippen LogP) is 3.38. The van der Waals surface area contributed by atoms with Crippen molar-refractivity contribution in [2.75, 3.05) is 7.11 Å². The first-order valence-electron chi connectivity index (χ1n) is 6.48. The first kappa shape index (κ1) is 14.3. The summed E-state index contributed by atoms with van der Waals surface area (Å²) in [5, 5.41) is 0. The molecular weight excluding hydrogens is 228 g/mol. The van der Waals surface area contributed by atoms with E-state index in [4.69, 9.17) is 4.74 Å². The Labute approximate surface area is 106 Å². The Bertz CT molecular complexity index is 324. The summed E-state index contributed by atoms with van der Waals surface area (Å²) in [5.74, 6) is 3.21. The van der Waals surface area contributed by atoms with Crippen LogP contribution in [-0.4, -0.2) is 21.2 Å². The Kier molecular flexibility index (Phi) is 4.82. The maximum atomic E-state index is 12.0. The topological polar surface area (TPSA) is 26.3 Å². The minimum atomic E-state index is -1.33. The molecule has 0 unspecified atom stereocenters. The summed E-state index contributed by atoms with van der Waals surface area (Å²) >= 11 is 0. The largest absolute Gasteiger partial charge is 0.469 e. The van der Waals surface area contributed by atoms with Crippen LogP contribution in [0.3, 0.4) is 0 Å². The van der Waals surface area contributed by atoms with Gasteiger partial charge in [-0.25, -0.2) is 0 Å². The molecular formula is C14H24O2Si. The van der Waals surface area contributed by atoms with Crippen molar-refractivity contribution in [1.82, 2.24) is 0 Å². The molecule has 1 aliphatic rings. The molecule has 0 N–H and O–H groups in total. The molecule has 0 aliphatic heterocycles. The third-order valence-corrected chi connectivity index (χ3v) is 4.25. The van der Waals surface area contributed by atoms with Crippen LogP contribution in [0.1, 0.15) is 38.5 Å². The van der Waals surface area contributed by atoms with Gasteiger partial charge >= 0.3 is 5.97 Å². The molecule has 2 nitrogen and oxygen atoms in total. The van der Waals surface area contributed by atoms with E-state index in [1.54, 1.807) is 0 Å².